The number of unbranched alkanes of at least 4 members (excludes halogenated alkanes) is 1. The van der Waals surface area contributed by atoms with Crippen molar-refractivity contribution in [3.8, 4) is 0 Å². The summed E-state index contributed by atoms with van der Waals surface area (Å²) < 4.78 is 0. The number of pyridine rings is 1. The van der Waals surface area contributed by atoms with Gasteiger partial charge in [-0.15, -0.1) is 0 Å². The second-order valence-corrected chi connectivity index (χ2v) is 3.79. The lowest BCUT2D eigenvalue weighted by molar-refractivity contribution is 0.321. The van der Waals surface area contributed by atoms with Crippen molar-refractivity contribution in [3.63, 3.8) is 0 Å². The van der Waals surface area contributed by atoms with E-state index in [0.717, 1.165) is 18.9 Å². The van der Waals surface area contributed by atoms with Gasteiger partial charge in [0.05, 0.1) is 0 Å². The Balaban J connectivity index is 2.48. The van der Waals surface area contributed by atoms with Crippen LogP contribution in [0.4, 0.5) is 5.82 Å². The zero-order valence-corrected chi connectivity index (χ0v) is 9.53. The molecule has 0 aliphatic rings. The van der Waals surface area contributed by atoms with E-state index in [4.69, 9.17) is 5.84 Å². The molecule has 0 unspecified atom stereocenters. The van der Waals surface area contributed by atoms with Crippen molar-refractivity contribution in [3.05, 3.63) is 23.9 Å². The van der Waals surface area contributed by atoms with Crippen LogP contribution in [0.2, 0.25) is 0 Å². The number of hydrogen-bond donors (Lipinski definition) is 2. The average molecular weight is 208 g/mol. The first-order valence-electron chi connectivity index (χ1n) is 5.36. The monoisotopic (exact) mass is 208 g/mol. The van der Waals surface area contributed by atoms with E-state index in [-0.39, 0.29) is 0 Å². The van der Waals surface area contributed by atoms with Gasteiger partial charge >= 0.3 is 0 Å². The summed E-state index contributed by atoms with van der Waals surface area (Å²) in [5, 5.41) is 0. The molecule has 84 valence electrons. The van der Waals surface area contributed by atoms with Gasteiger partial charge in [-0.3, -0.25) is 0 Å². The van der Waals surface area contributed by atoms with Gasteiger partial charge in [-0.1, -0.05) is 13.3 Å². The molecule has 1 rings (SSSR count). The molecule has 0 atom stereocenters. The Hall–Kier alpha value is -1.13. The first kappa shape index (κ1) is 11.9. The summed E-state index contributed by atoms with van der Waals surface area (Å²) in [4.78, 5) is 6.38. The molecular weight excluding hydrogens is 188 g/mol. The van der Waals surface area contributed by atoms with Crippen molar-refractivity contribution in [2.24, 2.45) is 5.84 Å². The van der Waals surface area contributed by atoms with Crippen molar-refractivity contribution in [1.82, 2.24) is 9.88 Å². The summed E-state index contributed by atoms with van der Waals surface area (Å²) in [6, 6.07) is 3.99. The lowest BCUT2D eigenvalue weighted by atomic mass is 10.2. The Morgan fingerprint density at radius 3 is 3.00 bits per heavy atom. The Morgan fingerprint density at radius 1 is 1.53 bits per heavy atom. The third-order valence-electron chi connectivity index (χ3n) is 2.32. The first-order valence-corrected chi connectivity index (χ1v) is 5.36. The Bertz CT molecular complexity index is 288. The van der Waals surface area contributed by atoms with Crippen LogP contribution in [0.5, 0.6) is 0 Å². The van der Waals surface area contributed by atoms with Crippen molar-refractivity contribution < 1.29 is 0 Å². The van der Waals surface area contributed by atoms with Gasteiger partial charge in [0.2, 0.25) is 0 Å². The predicted octanol–water partition coefficient (Wildman–Crippen LogP) is 1.60. The van der Waals surface area contributed by atoms with Crippen LogP contribution in [0.25, 0.3) is 0 Å². The molecule has 1 aromatic rings. The molecule has 0 saturated carbocycles. The summed E-state index contributed by atoms with van der Waals surface area (Å²) in [6.07, 6.45) is 4.25. The summed E-state index contributed by atoms with van der Waals surface area (Å²) in [6.45, 7) is 4.28. The lowest BCUT2D eigenvalue weighted by Gasteiger charge is -2.16. The normalized spacial score (nSPS) is 10.7. The topological polar surface area (TPSA) is 54.2 Å². The molecule has 3 N–H and O–H groups in total. The number of nitrogen functional groups attached to an aromatic ring is 1. The van der Waals surface area contributed by atoms with E-state index in [1.165, 1.54) is 18.4 Å². The fraction of sp³-hybridized carbons (Fsp3) is 0.545. The summed E-state index contributed by atoms with van der Waals surface area (Å²) in [5.74, 6) is 6.02. The molecule has 0 radical (unpaired) electrons. The van der Waals surface area contributed by atoms with Crippen LogP contribution < -0.4 is 11.3 Å². The lowest BCUT2D eigenvalue weighted by Crippen LogP contribution is -2.19. The van der Waals surface area contributed by atoms with Gasteiger partial charge in [0, 0.05) is 12.7 Å². The molecule has 4 nitrogen and oxygen atoms in total. The van der Waals surface area contributed by atoms with E-state index in [1.807, 2.05) is 12.1 Å². The van der Waals surface area contributed by atoms with Gasteiger partial charge < -0.3 is 10.3 Å². The predicted molar refractivity (Wildman–Crippen MR) is 63.3 cm³/mol. The number of anilines is 1. The van der Waals surface area contributed by atoms with Gasteiger partial charge in [-0.05, 0) is 37.7 Å². The zero-order valence-electron chi connectivity index (χ0n) is 9.53. The van der Waals surface area contributed by atoms with Crippen LogP contribution in [-0.4, -0.2) is 23.5 Å². The van der Waals surface area contributed by atoms with E-state index in [0.29, 0.717) is 0 Å². The van der Waals surface area contributed by atoms with Crippen LogP contribution >= 0.6 is 0 Å². The van der Waals surface area contributed by atoms with Gasteiger partial charge in [0.1, 0.15) is 5.82 Å². The standard InChI is InChI=1S/C11H20N4/c1-3-4-7-15(2)9-10-5-6-13-11(8-10)14-12/h5-6,8H,3-4,7,9,12H2,1-2H3,(H,13,14). The minimum absolute atomic E-state index is 0.719. The van der Waals surface area contributed by atoms with Gasteiger partial charge in [-0.25, -0.2) is 10.8 Å². The molecule has 0 fully saturated rings. The second-order valence-electron chi connectivity index (χ2n) is 3.79. The van der Waals surface area contributed by atoms with E-state index in [2.05, 4.69) is 29.3 Å². The van der Waals surface area contributed by atoms with E-state index >= 15 is 0 Å². The quantitative estimate of drug-likeness (QED) is 0.551. The third kappa shape index (κ3) is 4.27. The molecule has 0 aromatic carbocycles. The van der Waals surface area contributed by atoms with E-state index in [1.54, 1.807) is 6.20 Å². The molecule has 0 aliphatic carbocycles. The summed E-state index contributed by atoms with van der Waals surface area (Å²) in [5.41, 5.74) is 3.79. The summed E-state index contributed by atoms with van der Waals surface area (Å²) >= 11 is 0. The SMILES string of the molecule is CCCCN(C)Cc1ccnc(NN)c1. The van der Waals surface area contributed by atoms with Crippen LogP contribution in [0, 0.1) is 0 Å². The van der Waals surface area contributed by atoms with Crippen LogP contribution in [0.3, 0.4) is 0 Å². The minimum atomic E-state index is 0.719. The average Bonchev–Trinajstić information content (AvgIpc) is 2.26. The minimum Gasteiger partial charge on any atom is -0.308 e. The molecule has 15 heavy (non-hydrogen) atoms. The zero-order chi connectivity index (χ0) is 11.1. The largest absolute Gasteiger partial charge is 0.308 e. The smallest absolute Gasteiger partial charge is 0.140 e. The number of hydrogen-bond acceptors (Lipinski definition) is 4. The highest BCUT2D eigenvalue weighted by atomic mass is 15.2. The molecule has 1 heterocycles. The highest BCUT2D eigenvalue weighted by molar-refractivity contribution is 5.35. The van der Waals surface area contributed by atoms with Crippen molar-refractivity contribution in [2.45, 2.75) is 26.3 Å². The van der Waals surface area contributed by atoms with Crippen molar-refractivity contribution in [2.75, 3.05) is 19.0 Å². The molecule has 0 spiro atoms. The number of nitrogens with two attached hydrogens (primary N) is 1. The van der Waals surface area contributed by atoms with Gasteiger partial charge in [0.25, 0.3) is 0 Å². The highest BCUT2D eigenvalue weighted by Crippen LogP contribution is 2.08. The van der Waals surface area contributed by atoms with Crippen LogP contribution in [-0.2, 0) is 6.54 Å². The molecule has 0 amide bonds. The number of aromatic nitrogens is 1. The number of nitrogens with one attached hydrogen (secondary N) is 1. The van der Waals surface area contributed by atoms with Crippen molar-refractivity contribution in [1.29, 1.82) is 0 Å². The van der Waals surface area contributed by atoms with Crippen LogP contribution in [0.15, 0.2) is 18.3 Å². The maximum absolute atomic E-state index is 5.30. The molecule has 4 heteroatoms. The van der Waals surface area contributed by atoms with Crippen LogP contribution in [0.1, 0.15) is 25.3 Å². The molecule has 0 bridgehead atoms. The van der Waals surface area contributed by atoms with E-state index in [9.17, 15) is 0 Å². The molecule has 0 saturated heterocycles. The third-order valence-corrected chi connectivity index (χ3v) is 2.32. The van der Waals surface area contributed by atoms with Gasteiger partial charge in [0.15, 0.2) is 0 Å². The number of hydrazine groups is 1. The maximum atomic E-state index is 5.30. The summed E-state index contributed by atoms with van der Waals surface area (Å²) in [7, 11) is 2.13. The fourth-order valence-corrected chi connectivity index (χ4v) is 1.47. The Labute approximate surface area is 91.5 Å². The van der Waals surface area contributed by atoms with Gasteiger partial charge in [-0.2, -0.15) is 0 Å². The Morgan fingerprint density at radius 2 is 2.33 bits per heavy atom. The second kappa shape index (κ2) is 6.37. The molecule has 0 aliphatic heterocycles. The number of rotatable bonds is 6. The molecule has 1 aromatic heterocycles. The maximum Gasteiger partial charge on any atom is 0.140 e. The highest BCUT2D eigenvalue weighted by Gasteiger charge is 2.00. The van der Waals surface area contributed by atoms with Crippen molar-refractivity contribution >= 4 is 5.82 Å². The fourth-order valence-electron chi connectivity index (χ4n) is 1.47. The Kier molecular flexibility index (Phi) is 5.07. The number of nitrogens with zero attached hydrogens (tertiary/aromatic N) is 2. The molecular formula is C11H20N4. The van der Waals surface area contributed by atoms with E-state index < -0.39 is 0 Å². The first-order chi connectivity index (χ1) is 7.26.